The topological polar surface area (TPSA) is 185 Å². The van der Waals surface area contributed by atoms with Crippen LogP contribution in [-0.2, 0) is 28.4 Å². The number of hydrogen-bond acceptors (Lipinski definition) is 10. The molecule has 67 heavy (non-hydrogen) atoms. The van der Waals surface area contributed by atoms with E-state index in [1.165, 1.54) is 12.3 Å². The van der Waals surface area contributed by atoms with Crippen molar-refractivity contribution in [2.45, 2.75) is 103 Å². The quantitative estimate of drug-likeness (QED) is 0.0852. The first-order chi connectivity index (χ1) is 31.8. The number of rotatable bonds is 15. The lowest BCUT2D eigenvalue weighted by atomic mass is 9.87. The third kappa shape index (κ3) is 17.4. The number of allylic oxidation sites excluding steroid dienone is 4. The Bertz CT molecular complexity index is 2130. The number of nitrogens with one attached hydrogen (secondary N) is 2. The fourth-order valence-electron chi connectivity index (χ4n) is 7.73. The van der Waals surface area contributed by atoms with E-state index in [4.69, 9.17) is 31.9 Å². The first-order valence-corrected chi connectivity index (χ1v) is 23.2. The summed E-state index contributed by atoms with van der Waals surface area (Å²) in [5.74, 6) is -0.200. The number of piperazine rings is 1. The molecule has 5 N–H and O–H groups in total. The number of urea groups is 1. The molecule has 4 amide bonds. The summed E-state index contributed by atoms with van der Waals surface area (Å²) in [6.07, 6.45) is 22.1. The van der Waals surface area contributed by atoms with Crippen molar-refractivity contribution in [3.63, 3.8) is 0 Å². The first kappa shape index (κ1) is 55.5. The van der Waals surface area contributed by atoms with Gasteiger partial charge in [0.05, 0.1) is 30.6 Å². The molecule has 3 atom stereocenters. The monoisotopic (exact) mass is 947 g/mol. The van der Waals surface area contributed by atoms with Gasteiger partial charge in [0.15, 0.2) is 0 Å². The SMILES string of the molecule is C/C=C(\c1cc(Cl)ccc1C(C/C=C\C=C/N)N1CCN(C(=O)OC2CCN(C(=O)NC(C)(C)C)CC2)CC1)C(NC(=O)C(C)(CCC)OC)c1cncn1C.C=CC(=C)O.Cn1ccnc1. The highest BCUT2D eigenvalue weighted by molar-refractivity contribution is 6.30. The van der Waals surface area contributed by atoms with Gasteiger partial charge >= 0.3 is 12.1 Å². The van der Waals surface area contributed by atoms with Gasteiger partial charge < -0.3 is 49.9 Å². The molecule has 2 aromatic heterocycles. The predicted molar refractivity (Wildman–Crippen MR) is 267 cm³/mol. The molecule has 5 rings (SSSR count). The van der Waals surface area contributed by atoms with Crippen LogP contribution in [0.3, 0.4) is 0 Å². The van der Waals surface area contributed by atoms with Crippen LogP contribution in [0.5, 0.6) is 0 Å². The van der Waals surface area contributed by atoms with Crippen molar-refractivity contribution in [3.8, 4) is 0 Å². The molecule has 368 valence electrons. The summed E-state index contributed by atoms with van der Waals surface area (Å²) in [7, 11) is 5.41. The van der Waals surface area contributed by atoms with Gasteiger partial charge in [0.2, 0.25) is 0 Å². The van der Waals surface area contributed by atoms with Gasteiger partial charge in [-0.1, -0.05) is 62.4 Å². The van der Waals surface area contributed by atoms with E-state index in [9.17, 15) is 14.4 Å². The average molecular weight is 948 g/mol. The Kier molecular flexibility index (Phi) is 22.4. The van der Waals surface area contributed by atoms with Crippen molar-refractivity contribution in [1.29, 1.82) is 0 Å². The molecular formula is C50H75ClN10O6. The van der Waals surface area contributed by atoms with E-state index >= 15 is 0 Å². The number of imidazole rings is 2. The van der Waals surface area contributed by atoms with E-state index in [0.717, 1.165) is 28.8 Å². The number of ether oxygens (including phenoxy) is 2. The zero-order chi connectivity index (χ0) is 49.7. The van der Waals surface area contributed by atoms with Gasteiger partial charge in [-0.2, -0.15) is 0 Å². The number of aliphatic hydroxyl groups is 1. The fraction of sp³-hybridized carbons (Fsp3) is 0.500. The summed E-state index contributed by atoms with van der Waals surface area (Å²) < 4.78 is 15.5. The molecule has 1 aromatic carbocycles. The third-order valence-corrected chi connectivity index (χ3v) is 11.7. The van der Waals surface area contributed by atoms with E-state index < -0.39 is 11.6 Å². The molecule has 17 heteroatoms. The third-order valence-electron chi connectivity index (χ3n) is 11.5. The smallest absolute Gasteiger partial charge is 0.410 e. The number of halogens is 1. The number of methoxy groups -OCH3 is 1. The normalized spacial score (nSPS) is 16.8. The number of likely N-dealkylation sites (tertiary alicyclic amines) is 1. The lowest BCUT2D eigenvalue weighted by Gasteiger charge is -2.40. The maximum Gasteiger partial charge on any atom is 0.410 e. The minimum Gasteiger partial charge on any atom is -0.509 e. The number of nitrogens with zero attached hydrogens (tertiary/aromatic N) is 7. The van der Waals surface area contributed by atoms with Crippen LogP contribution in [0, 0.1) is 0 Å². The number of aliphatic hydroxyl groups excluding tert-OH is 1. The number of carbonyl (C=O) groups excluding carboxylic acids is 3. The number of aromatic nitrogens is 4. The van der Waals surface area contributed by atoms with E-state index in [2.05, 4.69) is 50.8 Å². The molecule has 0 aliphatic carbocycles. The first-order valence-electron chi connectivity index (χ1n) is 22.8. The second kappa shape index (κ2) is 27.1. The van der Waals surface area contributed by atoms with Crippen molar-refractivity contribution in [2.75, 3.05) is 46.4 Å². The number of carbonyl (C=O) groups is 3. The molecule has 3 aromatic rings. The summed E-state index contributed by atoms with van der Waals surface area (Å²) in [5, 5.41) is 14.9. The highest BCUT2D eigenvalue weighted by atomic mass is 35.5. The van der Waals surface area contributed by atoms with Crippen LogP contribution in [0.4, 0.5) is 9.59 Å². The van der Waals surface area contributed by atoms with Crippen molar-refractivity contribution in [3.05, 3.63) is 127 Å². The number of hydrogen-bond donors (Lipinski definition) is 4. The molecule has 2 fully saturated rings. The highest BCUT2D eigenvalue weighted by Crippen LogP contribution is 2.39. The molecule has 2 saturated heterocycles. The summed E-state index contributed by atoms with van der Waals surface area (Å²) >= 11 is 6.76. The Labute approximate surface area is 403 Å². The minimum atomic E-state index is -1.02. The van der Waals surface area contributed by atoms with E-state index in [-0.39, 0.29) is 41.5 Å². The lowest BCUT2D eigenvalue weighted by Crippen LogP contribution is -2.53. The standard InChI is InChI=1S/C42H63ClN8O5.C4H6N2.C4H6O/c1-9-19-42(6,55-8)38(52)46-37(36-28-45-29-48(36)7)32(10-2)34-27-30(43)15-16-33(34)35(14-12-11-13-20-44)49-23-25-51(26-24-49)40(54)56-31-17-21-50(22-18-31)39(53)47-41(3,4)5;1-6-3-2-5-4-6;1-3-4(2)5/h10-13,15-16,20,27-29,31,35,37H,9,14,17-19,21-26,44H2,1-8H3,(H,46,52)(H,47,53);2-4H,1H3;3,5H,1-2H2/b12-11-,20-13-,32-10+;;. The van der Waals surface area contributed by atoms with Crippen LogP contribution >= 0.6 is 11.6 Å². The minimum absolute atomic E-state index is 0.0185. The Balaban J connectivity index is 0.000000953. The summed E-state index contributed by atoms with van der Waals surface area (Å²) in [5.41, 5.74) is 7.93. The van der Waals surface area contributed by atoms with Crippen LogP contribution in [0.25, 0.3) is 5.57 Å². The van der Waals surface area contributed by atoms with Crippen molar-refractivity contribution in [2.24, 2.45) is 19.8 Å². The molecule has 0 bridgehead atoms. The Morgan fingerprint density at radius 1 is 1.03 bits per heavy atom. The predicted octanol–water partition coefficient (Wildman–Crippen LogP) is 8.39. The maximum atomic E-state index is 14.0. The summed E-state index contributed by atoms with van der Waals surface area (Å²) in [6, 6.07) is 5.17. The van der Waals surface area contributed by atoms with Crippen molar-refractivity contribution < 1.29 is 29.0 Å². The van der Waals surface area contributed by atoms with Crippen LogP contribution in [0.15, 0.2) is 105 Å². The van der Waals surface area contributed by atoms with Gasteiger partial charge in [0, 0.05) is 102 Å². The summed E-state index contributed by atoms with van der Waals surface area (Å²) in [6.45, 7) is 21.3. The van der Waals surface area contributed by atoms with Gasteiger partial charge in [-0.05, 0) is 94.6 Å². The highest BCUT2D eigenvalue weighted by Gasteiger charge is 2.37. The van der Waals surface area contributed by atoms with E-state index in [1.54, 1.807) is 48.0 Å². The largest absolute Gasteiger partial charge is 0.509 e. The molecular weight excluding hydrogens is 872 g/mol. The lowest BCUT2D eigenvalue weighted by molar-refractivity contribution is -0.142. The molecule has 4 heterocycles. The molecule has 2 aliphatic rings. The zero-order valence-corrected chi connectivity index (χ0v) is 41.8. The van der Waals surface area contributed by atoms with Crippen molar-refractivity contribution in [1.82, 2.24) is 44.4 Å². The number of amides is 4. The van der Waals surface area contributed by atoms with Gasteiger partial charge in [0.1, 0.15) is 17.5 Å². The van der Waals surface area contributed by atoms with Gasteiger partial charge in [-0.25, -0.2) is 19.6 Å². The van der Waals surface area contributed by atoms with E-state index in [1.807, 2.05) is 95.3 Å². The average Bonchev–Trinajstić information content (AvgIpc) is 3.97. The molecule has 0 spiro atoms. The zero-order valence-electron chi connectivity index (χ0n) is 41.1. The molecule has 16 nitrogen and oxygen atoms in total. The number of aryl methyl sites for hydroxylation is 2. The molecule has 0 saturated carbocycles. The Morgan fingerprint density at radius 3 is 2.19 bits per heavy atom. The maximum absolute atomic E-state index is 14.0. The van der Waals surface area contributed by atoms with E-state index in [0.29, 0.717) is 70.0 Å². The van der Waals surface area contributed by atoms with Crippen LogP contribution in [-0.4, -0.2) is 121 Å². The van der Waals surface area contributed by atoms with Crippen LogP contribution < -0.4 is 16.4 Å². The Hall–Kier alpha value is -5.84. The summed E-state index contributed by atoms with van der Waals surface area (Å²) in [4.78, 5) is 54.1. The fourth-order valence-corrected chi connectivity index (χ4v) is 7.90. The molecule has 0 radical (unpaired) electrons. The second-order valence-corrected chi connectivity index (χ2v) is 18.2. The number of benzene rings is 1. The van der Waals surface area contributed by atoms with Gasteiger partial charge in [-0.3, -0.25) is 9.69 Å². The van der Waals surface area contributed by atoms with Crippen LogP contribution in [0.2, 0.25) is 5.02 Å². The number of piperidine rings is 1. The molecule has 2 aliphatic heterocycles. The molecule has 3 unspecified atom stereocenters. The Morgan fingerprint density at radius 2 is 1.70 bits per heavy atom. The van der Waals surface area contributed by atoms with Crippen LogP contribution in [0.1, 0.15) is 103 Å². The number of nitrogens with two attached hydrogens (primary N) is 1. The van der Waals surface area contributed by atoms with Crippen molar-refractivity contribution >= 4 is 35.2 Å². The second-order valence-electron chi connectivity index (χ2n) is 17.8. The van der Waals surface area contributed by atoms with Gasteiger partial charge in [-0.15, -0.1) is 0 Å². The van der Waals surface area contributed by atoms with Gasteiger partial charge in [0.25, 0.3) is 5.91 Å².